The largest absolute Gasteiger partial charge is 0.485 e. The Morgan fingerprint density at radius 3 is 2.88 bits per heavy atom. The summed E-state index contributed by atoms with van der Waals surface area (Å²) < 4.78 is 17.9. The van der Waals surface area contributed by atoms with Gasteiger partial charge in [-0.15, -0.1) is 0 Å². The zero-order valence-corrected chi connectivity index (χ0v) is 9.08. The van der Waals surface area contributed by atoms with E-state index in [1.54, 1.807) is 0 Å². The third kappa shape index (κ3) is 1.85. The van der Waals surface area contributed by atoms with Crippen molar-refractivity contribution < 1.29 is 9.13 Å². The van der Waals surface area contributed by atoms with Gasteiger partial charge in [-0.05, 0) is 6.07 Å². The summed E-state index contributed by atoms with van der Waals surface area (Å²) in [5.74, 6) is -0.440. The van der Waals surface area contributed by atoms with Gasteiger partial charge in [-0.2, -0.15) is 5.26 Å². The molecule has 0 saturated carbocycles. The maximum Gasteiger partial charge on any atom is 0.212 e. The lowest BCUT2D eigenvalue weighted by atomic mass is 10.3. The van der Waals surface area contributed by atoms with Crippen LogP contribution in [0.1, 0.15) is 5.69 Å². The van der Waals surface area contributed by atoms with Crippen LogP contribution in [0.3, 0.4) is 0 Å². The molecule has 80 valence electrons. The van der Waals surface area contributed by atoms with Crippen molar-refractivity contribution in [3.05, 3.63) is 30.0 Å². The van der Waals surface area contributed by atoms with E-state index in [1.165, 1.54) is 30.7 Å². The Kier molecular flexibility index (Phi) is 2.79. The average Bonchev–Trinajstić information content (AvgIpc) is 2.72. The van der Waals surface area contributed by atoms with Crippen molar-refractivity contribution >= 4 is 11.3 Å². The summed E-state index contributed by atoms with van der Waals surface area (Å²) in [6, 6.07) is 3.22. The normalized spacial score (nSPS) is 9.81. The average molecular weight is 235 g/mol. The van der Waals surface area contributed by atoms with E-state index in [9.17, 15) is 4.39 Å². The number of hydrogen-bond donors (Lipinski definition) is 0. The summed E-state index contributed by atoms with van der Waals surface area (Å²) in [4.78, 5) is 7.76. The van der Waals surface area contributed by atoms with Crippen LogP contribution in [0.4, 0.5) is 4.39 Å². The van der Waals surface area contributed by atoms with Gasteiger partial charge in [0.25, 0.3) is 0 Å². The second kappa shape index (κ2) is 4.24. The molecule has 0 atom stereocenters. The zero-order chi connectivity index (χ0) is 11.5. The number of ether oxygens (including phenoxy) is 1. The van der Waals surface area contributed by atoms with E-state index in [0.29, 0.717) is 15.6 Å². The molecule has 6 heteroatoms. The van der Waals surface area contributed by atoms with Crippen LogP contribution >= 0.6 is 11.3 Å². The van der Waals surface area contributed by atoms with Crippen LogP contribution < -0.4 is 4.74 Å². The van der Waals surface area contributed by atoms with Crippen molar-refractivity contribution in [2.24, 2.45) is 0 Å². The van der Waals surface area contributed by atoms with Crippen LogP contribution in [0, 0.1) is 17.1 Å². The summed E-state index contributed by atoms with van der Waals surface area (Å²) >= 11 is 1.18. The first kappa shape index (κ1) is 10.5. The molecule has 2 aromatic rings. The second-order valence-corrected chi connectivity index (χ2v) is 3.82. The van der Waals surface area contributed by atoms with Crippen LogP contribution in [0.25, 0.3) is 10.6 Å². The predicted octanol–water partition coefficient (Wildman–Crippen LogP) is 2.22. The number of rotatable bonds is 2. The van der Waals surface area contributed by atoms with Gasteiger partial charge in [0.05, 0.1) is 13.3 Å². The highest BCUT2D eigenvalue weighted by atomic mass is 32.1. The fourth-order valence-electron chi connectivity index (χ4n) is 1.17. The molecular formula is C10H6FN3OS. The number of nitrogens with zero attached hydrogens (tertiary/aromatic N) is 3. The van der Waals surface area contributed by atoms with E-state index in [-0.39, 0.29) is 5.69 Å². The number of nitriles is 1. The van der Waals surface area contributed by atoms with Gasteiger partial charge in [0.2, 0.25) is 5.06 Å². The molecule has 4 nitrogen and oxygen atoms in total. The number of methoxy groups -OCH3 is 1. The molecule has 0 aliphatic carbocycles. The first-order valence-electron chi connectivity index (χ1n) is 4.30. The fraction of sp³-hybridized carbons (Fsp3) is 0.100. The monoisotopic (exact) mass is 235 g/mol. The summed E-state index contributed by atoms with van der Waals surface area (Å²) in [5, 5.41) is 9.72. The minimum atomic E-state index is -0.440. The van der Waals surface area contributed by atoms with Gasteiger partial charge in [-0.3, -0.25) is 4.98 Å². The Morgan fingerprint density at radius 1 is 1.50 bits per heavy atom. The minimum Gasteiger partial charge on any atom is -0.485 e. The molecule has 0 saturated heterocycles. The van der Waals surface area contributed by atoms with Gasteiger partial charge >= 0.3 is 0 Å². The SMILES string of the molecule is COc1sc(-c2cncc(F)c2)nc1C#N. The quantitative estimate of drug-likeness (QED) is 0.800. The lowest BCUT2D eigenvalue weighted by Crippen LogP contribution is -1.83. The summed E-state index contributed by atoms with van der Waals surface area (Å²) in [5.41, 5.74) is 0.733. The van der Waals surface area contributed by atoms with Crippen molar-refractivity contribution in [2.45, 2.75) is 0 Å². The number of aromatic nitrogens is 2. The first-order valence-corrected chi connectivity index (χ1v) is 5.12. The molecule has 0 spiro atoms. The molecule has 0 aliphatic heterocycles. The summed E-state index contributed by atoms with van der Waals surface area (Å²) in [7, 11) is 1.46. The van der Waals surface area contributed by atoms with Crippen molar-refractivity contribution in [2.75, 3.05) is 7.11 Å². The van der Waals surface area contributed by atoms with Crippen LogP contribution in [0.2, 0.25) is 0 Å². The Hall–Kier alpha value is -2.00. The Labute approximate surface area is 95.0 Å². The van der Waals surface area contributed by atoms with E-state index in [1.807, 2.05) is 6.07 Å². The maximum absolute atomic E-state index is 12.9. The lowest BCUT2D eigenvalue weighted by Gasteiger charge is -1.93. The van der Waals surface area contributed by atoms with E-state index < -0.39 is 5.82 Å². The van der Waals surface area contributed by atoms with E-state index in [4.69, 9.17) is 10.00 Å². The van der Waals surface area contributed by atoms with E-state index in [2.05, 4.69) is 9.97 Å². The molecular weight excluding hydrogens is 229 g/mol. The summed E-state index contributed by atoms with van der Waals surface area (Å²) in [6.07, 6.45) is 2.60. The third-order valence-electron chi connectivity index (χ3n) is 1.84. The van der Waals surface area contributed by atoms with Gasteiger partial charge in [0.15, 0.2) is 5.69 Å². The van der Waals surface area contributed by atoms with Crippen molar-refractivity contribution in [3.63, 3.8) is 0 Å². The van der Waals surface area contributed by atoms with Gasteiger partial charge < -0.3 is 4.74 Å². The zero-order valence-electron chi connectivity index (χ0n) is 8.27. The standard InChI is InChI=1S/C10H6FN3OS/c1-15-10-8(3-12)14-9(16-10)6-2-7(11)5-13-4-6/h2,4-5H,1H3. The van der Waals surface area contributed by atoms with Gasteiger partial charge in [-0.25, -0.2) is 9.37 Å². The molecule has 2 heterocycles. The van der Waals surface area contributed by atoms with Crippen LogP contribution in [-0.4, -0.2) is 17.1 Å². The van der Waals surface area contributed by atoms with Crippen LogP contribution in [0.5, 0.6) is 5.06 Å². The molecule has 2 rings (SSSR count). The minimum absolute atomic E-state index is 0.201. The molecule has 0 aromatic carbocycles. The lowest BCUT2D eigenvalue weighted by molar-refractivity contribution is 0.424. The molecule has 0 bridgehead atoms. The van der Waals surface area contributed by atoms with E-state index in [0.717, 1.165) is 6.20 Å². The Morgan fingerprint density at radius 2 is 2.31 bits per heavy atom. The van der Waals surface area contributed by atoms with Gasteiger partial charge in [-0.1, -0.05) is 11.3 Å². The smallest absolute Gasteiger partial charge is 0.212 e. The molecule has 0 aliphatic rings. The van der Waals surface area contributed by atoms with Crippen molar-refractivity contribution in [1.29, 1.82) is 5.26 Å². The highest BCUT2D eigenvalue weighted by Crippen LogP contribution is 2.33. The highest BCUT2D eigenvalue weighted by molar-refractivity contribution is 7.17. The van der Waals surface area contributed by atoms with Crippen LogP contribution in [-0.2, 0) is 0 Å². The number of thiazole rings is 1. The Bertz CT molecular complexity index is 561. The molecule has 2 aromatic heterocycles. The van der Waals surface area contributed by atoms with Crippen LogP contribution in [0.15, 0.2) is 18.5 Å². The second-order valence-electron chi connectivity index (χ2n) is 2.86. The maximum atomic E-state index is 12.9. The molecule has 0 N–H and O–H groups in total. The first-order chi connectivity index (χ1) is 7.74. The molecule has 16 heavy (non-hydrogen) atoms. The number of hydrogen-bond acceptors (Lipinski definition) is 5. The fourth-order valence-corrected chi connectivity index (χ4v) is 1.98. The van der Waals surface area contributed by atoms with E-state index >= 15 is 0 Å². The van der Waals surface area contributed by atoms with Gasteiger partial charge in [0, 0.05) is 11.8 Å². The van der Waals surface area contributed by atoms with Gasteiger partial charge in [0.1, 0.15) is 16.9 Å². The topological polar surface area (TPSA) is 58.8 Å². The third-order valence-corrected chi connectivity index (χ3v) is 2.90. The van der Waals surface area contributed by atoms with Crippen molar-refractivity contribution in [3.8, 4) is 21.7 Å². The Balaban J connectivity index is 2.49. The number of halogens is 1. The summed E-state index contributed by atoms with van der Waals surface area (Å²) in [6.45, 7) is 0. The predicted molar refractivity (Wildman–Crippen MR) is 56.6 cm³/mol. The molecule has 0 radical (unpaired) electrons. The van der Waals surface area contributed by atoms with Crippen molar-refractivity contribution in [1.82, 2.24) is 9.97 Å². The molecule has 0 amide bonds. The molecule has 0 fully saturated rings. The molecule has 0 unspecified atom stereocenters. The number of pyridine rings is 1. The highest BCUT2D eigenvalue weighted by Gasteiger charge is 2.13.